The molecule has 2 amide bonds. The van der Waals surface area contributed by atoms with Crippen LogP contribution >= 0.6 is 12.4 Å². The van der Waals surface area contributed by atoms with Crippen LogP contribution in [0.5, 0.6) is 17.2 Å². The van der Waals surface area contributed by atoms with Crippen LogP contribution in [-0.2, 0) is 0 Å². The molecular formula is C21H28ClN3O4. The number of nitrogens with zero attached hydrogens (tertiary/aromatic N) is 2. The molecule has 0 aromatic heterocycles. The standard InChI is InChI=1S/C21H27N3O4.ClH/c1-23(16-8-6-5-7-9-16)17-10-11-24(14-17)21(25)22-15-12-18(26-2)20(28-4)19(13-15)27-3;/h5-9,12-13,17H,10-11,14H2,1-4H3,(H,22,25);1H. The van der Waals surface area contributed by atoms with E-state index in [0.29, 0.717) is 36.0 Å². The Labute approximate surface area is 177 Å². The van der Waals surface area contributed by atoms with E-state index in [9.17, 15) is 4.79 Å². The van der Waals surface area contributed by atoms with Gasteiger partial charge < -0.3 is 29.3 Å². The first kappa shape index (κ1) is 22.5. The molecule has 0 aliphatic carbocycles. The van der Waals surface area contributed by atoms with E-state index in [1.165, 1.54) is 0 Å². The average Bonchev–Trinajstić information content (AvgIpc) is 3.23. The minimum absolute atomic E-state index is 0. The van der Waals surface area contributed by atoms with Gasteiger partial charge in [0.05, 0.1) is 27.0 Å². The number of urea groups is 1. The molecule has 1 aliphatic rings. The summed E-state index contributed by atoms with van der Waals surface area (Å²) < 4.78 is 16.0. The summed E-state index contributed by atoms with van der Waals surface area (Å²) in [6.07, 6.45) is 0.925. The summed E-state index contributed by atoms with van der Waals surface area (Å²) >= 11 is 0. The van der Waals surface area contributed by atoms with Crippen molar-refractivity contribution in [1.82, 2.24) is 4.90 Å². The zero-order valence-electron chi connectivity index (χ0n) is 17.2. The first-order valence-electron chi connectivity index (χ1n) is 9.21. The summed E-state index contributed by atoms with van der Waals surface area (Å²) in [7, 11) is 6.72. The lowest BCUT2D eigenvalue weighted by molar-refractivity contribution is 0.222. The van der Waals surface area contributed by atoms with Crippen LogP contribution in [0, 0.1) is 0 Å². The number of hydrogen-bond donors (Lipinski definition) is 1. The molecule has 1 N–H and O–H groups in total. The van der Waals surface area contributed by atoms with Crippen molar-refractivity contribution < 1.29 is 19.0 Å². The highest BCUT2D eigenvalue weighted by molar-refractivity contribution is 5.90. The largest absolute Gasteiger partial charge is 0.493 e. The van der Waals surface area contributed by atoms with E-state index in [-0.39, 0.29) is 24.5 Å². The van der Waals surface area contributed by atoms with Crippen molar-refractivity contribution in [3.63, 3.8) is 0 Å². The van der Waals surface area contributed by atoms with Crippen LogP contribution in [0.2, 0.25) is 0 Å². The third kappa shape index (κ3) is 4.98. The third-order valence-corrected chi connectivity index (χ3v) is 5.08. The van der Waals surface area contributed by atoms with Crippen molar-refractivity contribution in [1.29, 1.82) is 0 Å². The summed E-state index contributed by atoms with van der Waals surface area (Å²) in [5.41, 5.74) is 1.75. The van der Waals surface area contributed by atoms with E-state index in [4.69, 9.17) is 14.2 Å². The number of hydrogen-bond acceptors (Lipinski definition) is 5. The Morgan fingerprint density at radius 1 is 1.07 bits per heavy atom. The summed E-state index contributed by atoms with van der Waals surface area (Å²) in [5, 5.41) is 2.94. The van der Waals surface area contributed by atoms with Crippen molar-refractivity contribution >= 4 is 29.8 Å². The van der Waals surface area contributed by atoms with Gasteiger partial charge in [0, 0.05) is 44.0 Å². The number of ether oxygens (including phenoxy) is 3. The smallest absolute Gasteiger partial charge is 0.321 e. The van der Waals surface area contributed by atoms with Gasteiger partial charge in [0.25, 0.3) is 0 Å². The van der Waals surface area contributed by atoms with E-state index in [2.05, 4.69) is 29.4 Å². The van der Waals surface area contributed by atoms with Gasteiger partial charge in [-0.25, -0.2) is 4.79 Å². The highest BCUT2D eigenvalue weighted by Gasteiger charge is 2.29. The molecule has 0 bridgehead atoms. The van der Waals surface area contributed by atoms with Crippen molar-refractivity contribution in [3.05, 3.63) is 42.5 Å². The Morgan fingerprint density at radius 3 is 2.24 bits per heavy atom. The number of anilines is 2. The molecule has 8 heteroatoms. The maximum Gasteiger partial charge on any atom is 0.321 e. The van der Waals surface area contributed by atoms with Crippen LogP contribution in [0.15, 0.2) is 42.5 Å². The molecule has 0 spiro atoms. The number of amides is 2. The van der Waals surface area contributed by atoms with E-state index in [1.807, 2.05) is 23.1 Å². The monoisotopic (exact) mass is 421 g/mol. The lowest BCUT2D eigenvalue weighted by atomic mass is 10.2. The zero-order valence-corrected chi connectivity index (χ0v) is 18.0. The molecule has 1 aliphatic heterocycles. The van der Waals surface area contributed by atoms with Crippen LogP contribution in [0.1, 0.15) is 6.42 Å². The third-order valence-electron chi connectivity index (χ3n) is 5.08. The van der Waals surface area contributed by atoms with Gasteiger partial charge in [-0.2, -0.15) is 0 Å². The summed E-state index contributed by atoms with van der Waals surface area (Å²) in [5.74, 6) is 1.49. The van der Waals surface area contributed by atoms with Gasteiger partial charge in [0.1, 0.15) is 0 Å². The van der Waals surface area contributed by atoms with Gasteiger partial charge in [-0.3, -0.25) is 0 Å². The molecule has 2 aromatic carbocycles. The summed E-state index contributed by atoms with van der Waals surface area (Å²) in [6, 6.07) is 13.8. The minimum atomic E-state index is -0.141. The van der Waals surface area contributed by atoms with Crippen LogP contribution in [0.4, 0.5) is 16.2 Å². The van der Waals surface area contributed by atoms with Gasteiger partial charge in [-0.1, -0.05) is 18.2 Å². The second kappa shape index (κ2) is 10.1. The fraction of sp³-hybridized carbons (Fsp3) is 0.381. The van der Waals surface area contributed by atoms with Gasteiger partial charge >= 0.3 is 6.03 Å². The molecule has 29 heavy (non-hydrogen) atoms. The van der Waals surface area contributed by atoms with Crippen LogP contribution in [0.3, 0.4) is 0 Å². The van der Waals surface area contributed by atoms with E-state index < -0.39 is 0 Å². The minimum Gasteiger partial charge on any atom is -0.493 e. The van der Waals surface area contributed by atoms with Crippen LogP contribution < -0.4 is 24.4 Å². The molecule has 2 aromatic rings. The summed E-state index contributed by atoms with van der Waals surface area (Å²) in [4.78, 5) is 16.8. The zero-order chi connectivity index (χ0) is 20.1. The van der Waals surface area contributed by atoms with Crippen molar-refractivity contribution in [3.8, 4) is 17.2 Å². The van der Waals surface area contributed by atoms with Gasteiger partial charge in [-0.15, -0.1) is 12.4 Å². The number of methoxy groups -OCH3 is 3. The number of nitrogens with one attached hydrogen (secondary N) is 1. The molecule has 158 valence electrons. The Balaban J connectivity index is 0.00000300. The topological polar surface area (TPSA) is 63.3 Å². The van der Waals surface area contributed by atoms with E-state index in [0.717, 1.165) is 12.1 Å². The van der Waals surface area contributed by atoms with Crippen LogP contribution in [0.25, 0.3) is 0 Å². The summed E-state index contributed by atoms with van der Waals surface area (Å²) in [6.45, 7) is 1.37. The lowest BCUT2D eigenvalue weighted by Crippen LogP contribution is -2.38. The van der Waals surface area contributed by atoms with Crippen LogP contribution in [-0.4, -0.2) is 58.4 Å². The predicted octanol–water partition coefficient (Wildman–Crippen LogP) is 3.88. The number of para-hydroxylation sites is 1. The fourth-order valence-electron chi connectivity index (χ4n) is 3.47. The second-order valence-electron chi connectivity index (χ2n) is 6.68. The van der Waals surface area contributed by atoms with Gasteiger partial charge in [0.2, 0.25) is 5.75 Å². The van der Waals surface area contributed by atoms with E-state index >= 15 is 0 Å². The maximum absolute atomic E-state index is 12.8. The molecule has 0 radical (unpaired) electrons. The average molecular weight is 422 g/mol. The SMILES string of the molecule is COc1cc(NC(=O)N2CCC(N(C)c3ccccc3)C2)cc(OC)c1OC.Cl. The lowest BCUT2D eigenvalue weighted by Gasteiger charge is -2.27. The van der Waals surface area contributed by atoms with Crippen molar-refractivity contribution in [2.45, 2.75) is 12.5 Å². The quantitative estimate of drug-likeness (QED) is 0.766. The first-order valence-corrected chi connectivity index (χ1v) is 9.21. The number of likely N-dealkylation sites (N-methyl/N-ethyl adjacent to an activating group) is 1. The normalized spacial score (nSPS) is 15.3. The number of likely N-dealkylation sites (tertiary alicyclic amines) is 1. The molecular weight excluding hydrogens is 394 g/mol. The van der Waals surface area contributed by atoms with Crippen molar-refractivity contribution in [2.75, 3.05) is 51.7 Å². The molecule has 7 nitrogen and oxygen atoms in total. The first-order chi connectivity index (χ1) is 13.6. The molecule has 3 rings (SSSR count). The van der Waals surface area contributed by atoms with E-state index in [1.54, 1.807) is 33.5 Å². The Hall–Kier alpha value is -2.80. The van der Waals surface area contributed by atoms with Gasteiger partial charge in [0.15, 0.2) is 11.5 Å². The number of carbonyl (C=O) groups is 1. The number of rotatable bonds is 6. The highest BCUT2D eigenvalue weighted by Crippen LogP contribution is 2.40. The molecule has 1 saturated heterocycles. The number of carbonyl (C=O) groups excluding carboxylic acids is 1. The Bertz CT molecular complexity index is 794. The molecule has 1 fully saturated rings. The highest BCUT2D eigenvalue weighted by atomic mass is 35.5. The fourth-order valence-corrected chi connectivity index (χ4v) is 3.47. The molecule has 1 atom stereocenters. The van der Waals surface area contributed by atoms with Crippen molar-refractivity contribution in [2.24, 2.45) is 0 Å². The molecule has 1 heterocycles. The predicted molar refractivity (Wildman–Crippen MR) is 117 cm³/mol. The van der Waals surface area contributed by atoms with Gasteiger partial charge in [-0.05, 0) is 18.6 Å². The molecule has 1 unspecified atom stereocenters. The Kier molecular flexibility index (Phi) is 7.84. The number of benzene rings is 2. The number of halogens is 1. The maximum atomic E-state index is 12.8. The molecule has 0 saturated carbocycles. The Morgan fingerprint density at radius 2 is 1.69 bits per heavy atom. The second-order valence-corrected chi connectivity index (χ2v) is 6.68.